The number of rotatable bonds is 6. The van der Waals surface area contributed by atoms with Crippen LogP contribution < -0.4 is 20.1 Å². The Morgan fingerprint density at radius 2 is 1.97 bits per heavy atom. The molecule has 0 bridgehead atoms. The summed E-state index contributed by atoms with van der Waals surface area (Å²) in [6.07, 6.45) is 0.852. The van der Waals surface area contributed by atoms with E-state index < -0.39 is 11.7 Å². The first kappa shape index (κ1) is 21.9. The van der Waals surface area contributed by atoms with Crippen molar-refractivity contribution in [3.05, 3.63) is 52.3 Å². The predicted octanol–water partition coefficient (Wildman–Crippen LogP) is 3.18. The number of amides is 2. The van der Waals surface area contributed by atoms with Crippen molar-refractivity contribution in [2.24, 2.45) is 0 Å². The van der Waals surface area contributed by atoms with E-state index in [1.807, 2.05) is 7.05 Å². The van der Waals surface area contributed by atoms with Gasteiger partial charge in [0.05, 0.1) is 30.5 Å². The molecule has 7 nitrogen and oxygen atoms in total. The summed E-state index contributed by atoms with van der Waals surface area (Å²) in [5.74, 6) is -1.38. The van der Waals surface area contributed by atoms with Crippen LogP contribution in [0.25, 0.3) is 0 Å². The number of methoxy groups -OCH3 is 2. The number of carbonyl (C=O) groups excluding carboxylic acids is 2. The number of nitrogens with one attached hydrogen (secondary N) is 2. The molecular weight excluding hydrogens is 413 g/mol. The molecule has 2 aromatic rings. The van der Waals surface area contributed by atoms with Crippen LogP contribution in [-0.4, -0.2) is 57.1 Å². The Bertz CT molecular complexity index is 949. The lowest BCUT2D eigenvalue weighted by Gasteiger charge is -2.17. The Labute approximate surface area is 179 Å². The molecule has 30 heavy (non-hydrogen) atoms. The number of ether oxygens (including phenoxy) is 2. The lowest BCUT2D eigenvalue weighted by atomic mass is 10.1. The van der Waals surface area contributed by atoms with Crippen LogP contribution in [0.5, 0.6) is 11.5 Å². The fourth-order valence-electron chi connectivity index (χ4n) is 3.41. The van der Waals surface area contributed by atoms with Crippen molar-refractivity contribution in [2.45, 2.75) is 12.5 Å². The van der Waals surface area contributed by atoms with Crippen molar-refractivity contribution in [1.29, 1.82) is 0 Å². The molecule has 3 rings (SSSR count). The Morgan fingerprint density at radius 3 is 2.57 bits per heavy atom. The number of anilines is 1. The SMILES string of the molecule is COc1cc(C(=O)NC2CCN(C)C2)cc(NC(=O)c2c(F)cccc2Cl)c1OC. The summed E-state index contributed by atoms with van der Waals surface area (Å²) >= 11 is 5.99. The summed E-state index contributed by atoms with van der Waals surface area (Å²) in [5.41, 5.74) is 0.135. The Balaban J connectivity index is 1.91. The number of halogens is 2. The van der Waals surface area contributed by atoms with Gasteiger partial charge in [-0.25, -0.2) is 4.39 Å². The molecule has 0 radical (unpaired) electrons. The van der Waals surface area contributed by atoms with Crippen molar-refractivity contribution in [3.8, 4) is 11.5 Å². The van der Waals surface area contributed by atoms with Gasteiger partial charge in [0.1, 0.15) is 5.82 Å². The van der Waals surface area contributed by atoms with Gasteiger partial charge in [-0.3, -0.25) is 9.59 Å². The number of hydrogen-bond donors (Lipinski definition) is 2. The summed E-state index contributed by atoms with van der Waals surface area (Å²) in [4.78, 5) is 27.6. The van der Waals surface area contributed by atoms with E-state index in [0.717, 1.165) is 25.6 Å². The van der Waals surface area contributed by atoms with Crippen molar-refractivity contribution in [1.82, 2.24) is 10.2 Å². The number of carbonyl (C=O) groups is 2. The first-order valence-electron chi connectivity index (χ1n) is 9.34. The van der Waals surface area contributed by atoms with Crippen LogP contribution in [0.15, 0.2) is 30.3 Å². The molecule has 1 aliphatic rings. The van der Waals surface area contributed by atoms with Crippen LogP contribution in [0.1, 0.15) is 27.1 Å². The third-order valence-corrected chi connectivity index (χ3v) is 5.22. The van der Waals surface area contributed by atoms with E-state index in [1.165, 1.54) is 38.5 Å². The van der Waals surface area contributed by atoms with Gasteiger partial charge in [-0.05, 0) is 44.3 Å². The van der Waals surface area contributed by atoms with Crippen LogP contribution in [0.2, 0.25) is 5.02 Å². The van der Waals surface area contributed by atoms with Crippen LogP contribution >= 0.6 is 11.6 Å². The lowest BCUT2D eigenvalue weighted by molar-refractivity contribution is 0.0936. The second kappa shape index (κ2) is 9.32. The summed E-state index contributed by atoms with van der Waals surface area (Å²) in [5, 5.41) is 5.52. The maximum absolute atomic E-state index is 14.1. The molecule has 2 N–H and O–H groups in total. The average Bonchev–Trinajstić information content (AvgIpc) is 3.11. The third-order valence-electron chi connectivity index (χ3n) is 4.91. The van der Waals surface area contributed by atoms with E-state index in [-0.39, 0.29) is 45.3 Å². The highest BCUT2D eigenvalue weighted by atomic mass is 35.5. The fourth-order valence-corrected chi connectivity index (χ4v) is 3.66. The van der Waals surface area contributed by atoms with Crippen molar-refractivity contribution >= 4 is 29.1 Å². The van der Waals surface area contributed by atoms with Crippen LogP contribution in [0, 0.1) is 5.82 Å². The molecule has 1 atom stereocenters. The van der Waals surface area contributed by atoms with Gasteiger partial charge in [0.2, 0.25) is 0 Å². The van der Waals surface area contributed by atoms with Crippen molar-refractivity contribution < 1.29 is 23.5 Å². The zero-order valence-corrected chi connectivity index (χ0v) is 17.7. The van der Waals surface area contributed by atoms with Crippen LogP contribution in [0.3, 0.4) is 0 Å². The zero-order chi connectivity index (χ0) is 21.8. The smallest absolute Gasteiger partial charge is 0.260 e. The number of nitrogens with zero attached hydrogens (tertiary/aromatic N) is 1. The minimum atomic E-state index is -0.770. The molecule has 1 heterocycles. The van der Waals surface area contributed by atoms with Crippen LogP contribution in [-0.2, 0) is 0 Å². The maximum Gasteiger partial charge on any atom is 0.260 e. The van der Waals surface area contributed by atoms with E-state index >= 15 is 0 Å². The number of likely N-dealkylation sites (N-methyl/N-ethyl adjacent to an activating group) is 1. The molecule has 0 saturated carbocycles. The molecule has 2 amide bonds. The third kappa shape index (κ3) is 4.66. The Kier molecular flexibility index (Phi) is 6.79. The molecule has 1 aliphatic heterocycles. The zero-order valence-electron chi connectivity index (χ0n) is 16.9. The first-order chi connectivity index (χ1) is 14.3. The summed E-state index contributed by atoms with van der Waals surface area (Å²) in [7, 11) is 4.81. The van der Waals surface area contributed by atoms with Gasteiger partial charge in [-0.1, -0.05) is 17.7 Å². The monoisotopic (exact) mass is 435 g/mol. The Hall–Kier alpha value is -2.84. The predicted molar refractivity (Wildman–Crippen MR) is 112 cm³/mol. The first-order valence-corrected chi connectivity index (χ1v) is 9.72. The highest BCUT2D eigenvalue weighted by molar-refractivity contribution is 6.34. The van der Waals surface area contributed by atoms with Gasteiger partial charge in [0, 0.05) is 18.2 Å². The molecule has 160 valence electrons. The molecule has 9 heteroatoms. The van der Waals surface area contributed by atoms with Crippen molar-refractivity contribution in [3.63, 3.8) is 0 Å². The second-order valence-electron chi connectivity index (χ2n) is 7.03. The number of hydrogen-bond acceptors (Lipinski definition) is 5. The van der Waals surface area contributed by atoms with Gasteiger partial charge in [-0.2, -0.15) is 0 Å². The van der Waals surface area contributed by atoms with E-state index in [4.69, 9.17) is 21.1 Å². The summed E-state index contributed by atoms with van der Waals surface area (Å²) < 4.78 is 24.8. The molecule has 0 spiro atoms. The molecule has 1 unspecified atom stereocenters. The largest absolute Gasteiger partial charge is 0.493 e. The molecule has 0 aromatic heterocycles. The second-order valence-corrected chi connectivity index (χ2v) is 7.44. The Morgan fingerprint density at radius 1 is 1.20 bits per heavy atom. The molecule has 2 aromatic carbocycles. The minimum absolute atomic E-state index is 0.0299. The van der Waals surface area contributed by atoms with E-state index in [1.54, 1.807) is 0 Å². The topological polar surface area (TPSA) is 79.9 Å². The van der Waals surface area contributed by atoms with E-state index in [2.05, 4.69) is 15.5 Å². The summed E-state index contributed by atoms with van der Waals surface area (Å²) in [6.45, 7) is 1.66. The van der Waals surface area contributed by atoms with Gasteiger partial charge in [0.25, 0.3) is 11.8 Å². The molecule has 1 saturated heterocycles. The fraction of sp³-hybridized carbons (Fsp3) is 0.333. The quantitative estimate of drug-likeness (QED) is 0.728. The lowest BCUT2D eigenvalue weighted by Crippen LogP contribution is -2.36. The van der Waals surface area contributed by atoms with Gasteiger partial charge >= 0.3 is 0 Å². The average molecular weight is 436 g/mol. The molecule has 0 aliphatic carbocycles. The standard InChI is InChI=1S/C21H23ClFN3O4/c1-26-8-7-13(11-26)24-20(27)12-9-16(19(30-3)17(10-12)29-2)25-21(28)18-14(22)5-4-6-15(18)23/h4-6,9-10,13H,7-8,11H2,1-3H3,(H,24,27)(H,25,28). The normalized spacial score (nSPS) is 16.2. The summed E-state index contributed by atoms with van der Waals surface area (Å²) in [6, 6.07) is 6.98. The highest BCUT2D eigenvalue weighted by Gasteiger charge is 2.24. The van der Waals surface area contributed by atoms with E-state index in [9.17, 15) is 14.0 Å². The van der Waals surface area contributed by atoms with Gasteiger partial charge in [0.15, 0.2) is 11.5 Å². The minimum Gasteiger partial charge on any atom is -0.493 e. The molecular formula is C21H23ClFN3O4. The van der Waals surface area contributed by atoms with Crippen LogP contribution in [0.4, 0.5) is 10.1 Å². The highest BCUT2D eigenvalue weighted by Crippen LogP contribution is 2.37. The number of benzene rings is 2. The number of likely N-dealkylation sites (tertiary alicyclic amines) is 1. The maximum atomic E-state index is 14.1. The van der Waals surface area contributed by atoms with E-state index in [0.29, 0.717) is 0 Å². The van der Waals surface area contributed by atoms with Gasteiger partial charge in [-0.15, -0.1) is 0 Å². The van der Waals surface area contributed by atoms with Gasteiger partial charge < -0.3 is 25.0 Å². The molecule has 1 fully saturated rings. The van der Waals surface area contributed by atoms with Crippen molar-refractivity contribution in [2.75, 3.05) is 39.7 Å².